The van der Waals surface area contributed by atoms with Gasteiger partial charge in [-0.1, -0.05) is 40.0 Å². The second kappa shape index (κ2) is 6.97. The summed E-state index contributed by atoms with van der Waals surface area (Å²) in [5.41, 5.74) is 0. The van der Waals surface area contributed by atoms with Gasteiger partial charge in [0.2, 0.25) is 5.95 Å². The first kappa shape index (κ1) is 14.4. The lowest BCUT2D eigenvalue weighted by molar-refractivity contribution is 0.186. The van der Waals surface area contributed by atoms with Gasteiger partial charge in [-0.05, 0) is 31.1 Å². The third-order valence-electron chi connectivity index (χ3n) is 4.48. The average molecular weight is 263 g/mol. The predicted octanol–water partition coefficient (Wildman–Crippen LogP) is 4.48. The SMILES string of the molecule is CCCCNc1nccn1C1CCCCC1C(C)C. The van der Waals surface area contributed by atoms with Gasteiger partial charge in [-0.3, -0.25) is 0 Å². The van der Waals surface area contributed by atoms with E-state index in [-0.39, 0.29) is 0 Å². The lowest BCUT2D eigenvalue weighted by atomic mass is 9.77. The van der Waals surface area contributed by atoms with Crippen LogP contribution in [-0.2, 0) is 0 Å². The molecule has 3 heteroatoms. The summed E-state index contributed by atoms with van der Waals surface area (Å²) < 4.78 is 2.40. The molecule has 1 aromatic rings. The van der Waals surface area contributed by atoms with Gasteiger partial charge < -0.3 is 9.88 Å². The van der Waals surface area contributed by atoms with E-state index in [0.717, 1.165) is 24.3 Å². The van der Waals surface area contributed by atoms with E-state index < -0.39 is 0 Å². The molecule has 2 rings (SSSR count). The van der Waals surface area contributed by atoms with Crippen LogP contribution in [0.3, 0.4) is 0 Å². The van der Waals surface area contributed by atoms with Crippen molar-refractivity contribution < 1.29 is 0 Å². The van der Waals surface area contributed by atoms with Gasteiger partial charge in [-0.15, -0.1) is 0 Å². The number of rotatable bonds is 6. The largest absolute Gasteiger partial charge is 0.356 e. The van der Waals surface area contributed by atoms with Crippen molar-refractivity contribution in [2.75, 3.05) is 11.9 Å². The number of anilines is 1. The molecule has 0 aliphatic heterocycles. The van der Waals surface area contributed by atoms with Crippen LogP contribution in [0.4, 0.5) is 5.95 Å². The molecule has 0 amide bonds. The lowest BCUT2D eigenvalue weighted by Gasteiger charge is -2.36. The van der Waals surface area contributed by atoms with Crippen LogP contribution < -0.4 is 5.32 Å². The Bertz CT molecular complexity index is 370. The molecule has 2 unspecified atom stereocenters. The van der Waals surface area contributed by atoms with Gasteiger partial charge >= 0.3 is 0 Å². The zero-order chi connectivity index (χ0) is 13.7. The van der Waals surface area contributed by atoms with Gasteiger partial charge in [0.05, 0.1) is 0 Å². The van der Waals surface area contributed by atoms with Crippen LogP contribution >= 0.6 is 0 Å². The van der Waals surface area contributed by atoms with Crippen LogP contribution in [0.5, 0.6) is 0 Å². The van der Waals surface area contributed by atoms with Gasteiger partial charge in [0.25, 0.3) is 0 Å². The van der Waals surface area contributed by atoms with E-state index >= 15 is 0 Å². The van der Waals surface area contributed by atoms with Crippen LogP contribution in [0.25, 0.3) is 0 Å². The highest BCUT2D eigenvalue weighted by molar-refractivity contribution is 5.26. The van der Waals surface area contributed by atoms with Crippen molar-refractivity contribution in [3.63, 3.8) is 0 Å². The highest BCUT2D eigenvalue weighted by atomic mass is 15.2. The summed E-state index contributed by atoms with van der Waals surface area (Å²) in [7, 11) is 0. The molecule has 108 valence electrons. The van der Waals surface area contributed by atoms with Crippen molar-refractivity contribution in [1.82, 2.24) is 9.55 Å². The van der Waals surface area contributed by atoms with Crippen molar-refractivity contribution in [3.8, 4) is 0 Å². The topological polar surface area (TPSA) is 29.9 Å². The molecule has 1 saturated carbocycles. The molecule has 0 radical (unpaired) electrons. The van der Waals surface area contributed by atoms with Crippen LogP contribution in [0.2, 0.25) is 0 Å². The van der Waals surface area contributed by atoms with Gasteiger partial charge in [0.15, 0.2) is 0 Å². The fourth-order valence-electron chi connectivity index (χ4n) is 3.36. The summed E-state index contributed by atoms with van der Waals surface area (Å²) in [5, 5.41) is 3.50. The van der Waals surface area contributed by atoms with E-state index in [1.54, 1.807) is 0 Å². The van der Waals surface area contributed by atoms with Gasteiger partial charge in [0.1, 0.15) is 0 Å². The Morgan fingerprint density at radius 3 is 2.89 bits per heavy atom. The first-order valence-corrected chi connectivity index (χ1v) is 8.00. The number of imidazole rings is 1. The molecule has 19 heavy (non-hydrogen) atoms. The molecule has 0 saturated heterocycles. The van der Waals surface area contributed by atoms with Crippen LogP contribution in [0.1, 0.15) is 65.3 Å². The van der Waals surface area contributed by atoms with Crippen molar-refractivity contribution in [2.45, 2.75) is 65.3 Å². The number of hydrogen-bond acceptors (Lipinski definition) is 2. The maximum Gasteiger partial charge on any atom is 0.203 e. The van der Waals surface area contributed by atoms with E-state index in [0.29, 0.717) is 6.04 Å². The Morgan fingerprint density at radius 1 is 1.37 bits per heavy atom. The summed E-state index contributed by atoms with van der Waals surface area (Å²) in [6, 6.07) is 0.639. The highest BCUT2D eigenvalue weighted by Crippen LogP contribution is 2.39. The average Bonchev–Trinajstić information content (AvgIpc) is 2.87. The zero-order valence-corrected chi connectivity index (χ0v) is 12.7. The number of hydrogen-bond donors (Lipinski definition) is 1. The zero-order valence-electron chi connectivity index (χ0n) is 12.7. The Labute approximate surface area is 117 Å². The normalized spacial score (nSPS) is 23.8. The van der Waals surface area contributed by atoms with Gasteiger partial charge in [-0.25, -0.2) is 4.98 Å². The standard InChI is InChI=1S/C16H29N3/c1-4-5-10-17-16-18-11-12-19(16)15-9-7-6-8-14(15)13(2)3/h11-15H,4-10H2,1-3H3,(H,17,18). The number of aromatic nitrogens is 2. The van der Waals surface area contributed by atoms with E-state index in [9.17, 15) is 0 Å². The molecule has 1 aromatic heterocycles. The molecule has 1 N–H and O–H groups in total. The number of nitrogens with zero attached hydrogens (tertiary/aromatic N) is 2. The minimum atomic E-state index is 0.639. The van der Waals surface area contributed by atoms with Crippen LogP contribution in [0.15, 0.2) is 12.4 Å². The lowest BCUT2D eigenvalue weighted by Crippen LogP contribution is -2.27. The molecule has 1 fully saturated rings. The Hall–Kier alpha value is -0.990. The summed E-state index contributed by atoms with van der Waals surface area (Å²) in [6.07, 6.45) is 12.0. The van der Waals surface area contributed by atoms with E-state index in [1.165, 1.54) is 38.5 Å². The maximum absolute atomic E-state index is 4.51. The fourth-order valence-corrected chi connectivity index (χ4v) is 3.36. The van der Waals surface area contributed by atoms with E-state index in [4.69, 9.17) is 0 Å². The van der Waals surface area contributed by atoms with Crippen molar-refractivity contribution >= 4 is 5.95 Å². The first-order valence-electron chi connectivity index (χ1n) is 8.00. The molecule has 0 aromatic carbocycles. The van der Waals surface area contributed by atoms with E-state index in [2.05, 4.69) is 41.8 Å². The Morgan fingerprint density at radius 2 is 2.16 bits per heavy atom. The van der Waals surface area contributed by atoms with Crippen molar-refractivity contribution in [1.29, 1.82) is 0 Å². The van der Waals surface area contributed by atoms with Crippen molar-refractivity contribution in [2.24, 2.45) is 11.8 Å². The maximum atomic E-state index is 4.51. The molecule has 1 aliphatic rings. The molecule has 0 spiro atoms. The molecular weight excluding hydrogens is 234 g/mol. The molecule has 0 bridgehead atoms. The number of nitrogens with one attached hydrogen (secondary N) is 1. The molecule has 3 nitrogen and oxygen atoms in total. The second-order valence-electron chi connectivity index (χ2n) is 6.20. The number of unbranched alkanes of at least 4 members (excludes halogenated alkanes) is 1. The summed E-state index contributed by atoms with van der Waals surface area (Å²) in [6.45, 7) is 7.99. The molecule has 1 heterocycles. The fraction of sp³-hybridized carbons (Fsp3) is 0.812. The molecule has 1 aliphatic carbocycles. The third-order valence-corrected chi connectivity index (χ3v) is 4.48. The second-order valence-corrected chi connectivity index (χ2v) is 6.20. The van der Waals surface area contributed by atoms with E-state index in [1.807, 2.05) is 6.20 Å². The van der Waals surface area contributed by atoms with Crippen molar-refractivity contribution in [3.05, 3.63) is 12.4 Å². The third kappa shape index (κ3) is 3.52. The predicted molar refractivity (Wildman–Crippen MR) is 81.5 cm³/mol. The minimum absolute atomic E-state index is 0.639. The van der Waals surface area contributed by atoms with Gasteiger partial charge in [0, 0.05) is 25.0 Å². The minimum Gasteiger partial charge on any atom is -0.356 e. The first-order chi connectivity index (χ1) is 9.24. The van der Waals surface area contributed by atoms with Crippen LogP contribution in [0, 0.1) is 11.8 Å². The smallest absolute Gasteiger partial charge is 0.203 e. The summed E-state index contributed by atoms with van der Waals surface area (Å²) >= 11 is 0. The molecule has 2 atom stereocenters. The Balaban J connectivity index is 2.08. The monoisotopic (exact) mass is 263 g/mol. The molecular formula is C16H29N3. The van der Waals surface area contributed by atoms with Gasteiger partial charge in [-0.2, -0.15) is 0 Å². The summed E-state index contributed by atoms with van der Waals surface area (Å²) in [5.74, 6) is 2.64. The summed E-state index contributed by atoms with van der Waals surface area (Å²) in [4.78, 5) is 4.51. The highest BCUT2D eigenvalue weighted by Gasteiger charge is 2.29. The Kier molecular flexibility index (Phi) is 5.29. The quantitative estimate of drug-likeness (QED) is 0.767. The van der Waals surface area contributed by atoms with Crippen LogP contribution in [-0.4, -0.2) is 16.1 Å².